The van der Waals surface area contributed by atoms with Crippen molar-refractivity contribution in [2.45, 2.75) is 13.8 Å². The van der Waals surface area contributed by atoms with Crippen LogP contribution in [-0.2, 0) is 0 Å². The molecular weight excluding hydrogens is 270 g/mol. The van der Waals surface area contributed by atoms with Crippen LogP contribution in [0.1, 0.15) is 27.0 Å². The summed E-state index contributed by atoms with van der Waals surface area (Å²) >= 11 is 5.92. The molecule has 0 atom stereocenters. The van der Waals surface area contributed by atoms with Gasteiger partial charge in [0.25, 0.3) is 0 Å². The Kier molecular flexibility index (Phi) is 3.67. The molecule has 0 aliphatic carbocycles. The molecule has 2 aromatic rings. The molecule has 0 radical (unpaired) electrons. The van der Waals surface area contributed by atoms with Crippen LogP contribution in [0.25, 0.3) is 0 Å². The summed E-state index contributed by atoms with van der Waals surface area (Å²) < 4.78 is 27.6. The minimum atomic E-state index is -0.868. The Bertz CT molecular complexity index is 665. The summed E-state index contributed by atoms with van der Waals surface area (Å²) in [5.41, 5.74) is 0.403. The lowest BCUT2D eigenvalue weighted by atomic mass is 9.97. The van der Waals surface area contributed by atoms with Gasteiger partial charge in [0.15, 0.2) is 5.78 Å². The Labute approximate surface area is 114 Å². The molecule has 0 heterocycles. The molecule has 0 bridgehead atoms. The Morgan fingerprint density at radius 2 is 1.79 bits per heavy atom. The molecule has 0 unspecified atom stereocenters. The first kappa shape index (κ1) is 13.7. The van der Waals surface area contributed by atoms with E-state index in [0.717, 1.165) is 6.07 Å². The van der Waals surface area contributed by atoms with E-state index >= 15 is 0 Å². The van der Waals surface area contributed by atoms with Gasteiger partial charge in [-0.15, -0.1) is 0 Å². The highest BCUT2D eigenvalue weighted by molar-refractivity contribution is 6.32. The van der Waals surface area contributed by atoms with Crippen molar-refractivity contribution in [1.82, 2.24) is 0 Å². The normalized spacial score (nSPS) is 10.6. The number of carbonyl (C=O) groups is 1. The first-order valence-corrected chi connectivity index (χ1v) is 6.05. The molecule has 98 valence electrons. The van der Waals surface area contributed by atoms with Crippen molar-refractivity contribution in [1.29, 1.82) is 0 Å². The maximum Gasteiger partial charge on any atom is 0.199 e. The van der Waals surface area contributed by atoms with Gasteiger partial charge >= 0.3 is 0 Å². The monoisotopic (exact) mass is 280 g/mol. The second-order valence-electron chi connectivity index (χ2n) is 4.29. The summed E-state index contributed by atoms with van der Waals surface area (Å²) in [7, 11) is 0. The summed E-state index contributed by atoms with van der Waals surface area (Å²) in [5, 5.41) is 0.388. The molecule has 0 fully saturated rings. The third-order valence-corrected chi connectivity index (χ3v) is 3.43. The maximum absolute atomic E-state index is 13.9. The summed E-state index contributed by atoms with van der Waals surface area (Å²) in [6, 6.07) is 7.09. The van der Waals surface area contributed by atoms with Gasteiger partial charge in [0.1, 0.15) is 11.6 Å². The Hall–Kier alpha value is -1.74. The van der Waals surface area contributed by atoms with Gasteiger partial charge in [0, 0.05) is 10.6 Å². The van der Waals surface area contributed by atoms with E-state index in [2.05, 4.69) is 0 Å². The number of hydrogen-bond donors (Lipinski definition) is 0. The standard InChI is InChI=1S/C15H11ClF2O/c1-8-6-7-12(17)13(14(8)18)15(19)10-4-3-5-11(16)9(10)2/h3-7H,1-2H3. The molecular formula is C15H11ClF2O. The van der Waals surface area contributed by atoms with E-state index in [-0.39, 0.29) is 11.1 Å². The van der Waals surface area contributed by atoms with Crippen molar-refractivity contribution in [2.75, 3.05) is 0 Å². The Morgan fingerprint density at radius 1 is 1.11 bits per heavy atom. The molecule has 19 heavy (non-hydrogen) atoms. The third-order valence-electron chi connectivity index (χ3n) is 3.02. The Morgan fingerprint density at radius 3 is 2.47 bits per heavy atom. The first-order chi connectivity index (χ1) is 8.93. The molecule has 2 rings (SSSR count). The molecule has 0 amide bonds. The smallest absolute Gasteiger partial charge is 0.199 e. The van der Waals surface area contributed by atoms with Gasteiger partial charge in [-0.3, -0.25) is 4.79 Å². The van der Waals surface area contributed by atoms with Gasteiger partial charge in [-0.1, -0.05) is 29.8 Å². The van der Waals surface area contributed by atoms with Crippen LogP contribution in [0.3, 0.4) is 0 Å². The van der Waals surface area contributed by atoms with Crippen LogP contribution in [0.5, 0.6) is 0 Å². The van der Waals surface area contributed by atoms with E-state index in [4.69, 9.17) is 11.6 Å². The van der Waals surface area contributed by atoms with Gasteiger partial charge in [-0.05, 0) is 37.1 Å². The summed E-state index contributed by atoms with van der Waals surface area (Å²) in [6.07, 6.45) is 0. The number of halogens is 3. The lowest BCUT2D eigenvalue weighted by Crippen LogP contribution is -2.10. The first-order valence-electron chi connectivity index (χ1n) is 5.68. The number of carbonyl (C=O) groups excluding carboxylic acids is 1. The fourth-order valence-electron chi connectivity index (χ4n) is 1.85. The van der Waals surface area contributed by atoms with Crippen molar-refractivity contribution in [3.05, 3.63) is 69.2 Å². The quantitative estimate of drug-likeness (QED) is 0.742. The van der Waals surface area contributed by atoms with Crippen molar-refractivity contribution in [3.63, 3.8) is 0 Å². The number of benzene rings is 2. The highest BCUT2D eigenvalue weighted by Gasteiger charge is 2.22. The molecule has 1 nitrogen and oxygen atoms in total. The second-order valence-corrected chi connectivity index (χ2v) is 4.70. The maximum atomic E-state index is 13.9. The van der Waals surface area contributed by atoms with Crippen LogP contribution in [0.2, 0.25) is 5.02 Å². The molecule has 0 N–H and O–H groups in total. The second kappa shape index (κ2) is 5.10. The van der Waals surface area contributed by atoms with E-state index < -0.39 is 23.0 Å². The Balaban J connectivity index is 2.63. The average molecular weight is 281 g/mol. The largest absolute Gasteiger partial charge is 0.288 e. The van der Waals surface area contributed by atoms with E-state index in [1.807, 2.05) is 0 Å². The predicted octanol–water partition coefficient (Wildman–Crippen LogP) is 4.47. The van der Waals surface area contributed by atoms with Gasteiger partial charge < -0.3 is 0 Å². The van der Waals surface area contributed by atoms with Crippen molar-refractivity contribution >= 4 is 17.4 Å². The van der Waals surface area contributed by atoms with E-state index in [1.54, 1.807) is 19.1 Å². The summed E-state index contributed by atoms with van der Waals surface area (Å²) in [4.78, 5) is 12.3. The van der Waals surface area contributed by atoms with Crippen molar-refractivity contribution in [3.8, 4) is 0 Å². The zero-order valence-electron chi connectivity index (χ0n) is 10.4. The molecule has 0 saturated heterocycles. The topological polar surface area (TPSA) is 17.1 Å². The van der Waals surface area contributed by atoms with Gasteiger partial charge in [-0.25, -0.2) is 8.78 Å². The summed E-state index contributed by atoms with van der Waals surface area (Å²) in [5.74, 6) is -2.39. The minimum Gasteiger partial charge on any atom is -0.288 e. The van der Waals surface area contributed by atoms with Crippen molar-refractivity contribution < 1.29 is 13.6 Å². The van der Waals surface area contributed by atoms with Crippen LogP contribution in [0, 0.1) is 25.5 Å². The molecule has 2 aromatic carbocycles. The van der Waals surface area contributed by atoms with E-state index in [1.165, 1.54) is 19.1 Å². The molecule has 0 spiro atoms. The van der Waals surface area contributed by atoms with Gasteiger partial charge in [0.2, 0.25) is 0 Å². The van der Waals surface area contributed by atoms with Gasteiger partial charge in [-0.2, -0.15) is 0 Å². The highest BCUT2D eigenvalue weighted by Crippen LogP contribution is 2.25. The van der Waals surface area contributed by atoms with Crippen LogP contribution < -0.4 is 0 Å². The molecule has 4 heteroatoms. The average Bonchev–Trinajstić information content (AvgIpc) is 2.37. The fraction of sp³-hybridized carbons (Fsp3) is 0.133. The number of ketones is 1. The molecule has 0 aliphatic rings. The van der Waals surface area contributed by atoms with Crippen LogP contribution >= 0.6 is 11.6 Å². The van der Waals surface area contributed by atoms with E-state index in [9.17, 15) is 13.6 Å². The zero-order chi connectivity index (χ0) is 14.2. The molecule has 0 aliphatic heterocycles. The van der Waals surface area contributed by atoms with Gasteiger partial charge in [0.05, 0.1) is 5.56 Å². The van der Waals surface area contributed by atoms with E-state index in [0.29, 0.717) is 10.6 Å². The minimum absolute atomic E-state index is 0.205. The summed E-state index contributed by atoms with van der Waals surface area (Å²) in [6.45, 7) is 3.12. The predicted molar refractivity (Wildman–Crippen MR) is 70.7 cm³/mol. The fourth-order valence-corrected chi connectivity index (χ4v) is 2.03. The lowest BCUT2D eigenvalue weighted by molar-refractivity contribution is 0.103. The van der Waals surface area contributed by atoms with Crippen molar-refractivity contribution in [2.24, 2.45) is 0 Å². The number of hydrogen-bond acceptors (Lipinski definition) is 1. The number of aryl methyl sites for hydroxylation is 1. The molecule has 0 aromatic heterocycles. The third kappa shape index (κ3) is 2.38. The molecule has 0 saturated carbocycles. The highest BCUT2D eigenvalue weighted by atomic mass is 35.5. The SMILES string of the molecule is Cc1ccc(F)c(C(=O)c2cccc(Cl)c2C)c1F. The van der Waals surface area contributed by atoms with Crippen LogP contribution in [0.4, 0.5) is 8.78 Å². The zero-order valence-corrected chi connectivity index (χ0v) is 11.2. The number of rotatable bonds is 2. The van der Waals surface area contributed by atoms with Crippen LogP contribution in [0.15, 0.2) is 30.3 Å². The van der Waals surface area contributed by atoms with Crippen LogP contribution in [-0.4, -0.2) is 5.78 Å². The lowest BCUT2D eigenvalue weighted by Gasteiger charge is -2.09.